The number of aromatic nitrogens is 9. The van der Waals surface area contributed by atoms with Crippen molar-refractivity contribution in [2.45, 2.75) is 0 Å². The average molecular weight is 1820 g/mol. The molecular formula is C123H75N9O3S3. The Morgan fingerprint density at radius 1 is 0.152 bits per heavy atom. The van der Waals surface area contributed by atoms with Crippen molar-refractivity contribution in [1.82, 2.24) is 44.9 Å². The minimum atomic E-state index is 0.642. The molecule has 0 saturated carbocycles. The molecule has 0 radical (unpaired) electrons. The third-order valence-electron chi connectivity index (χ3n) is 25.0. The molecule has 648 valence electrons. The Balaban J connectivity index is 0.000000111. The summed E-state index contributed by atoms with van der Waals surface area (Å²) in [4.78, 5) is 45.7. The second-order valence-corrected chi connectivity index (χ2v) is 36.8. The summed E-state index contributed by atoms with van der Waals surface area (Å²) >= 11 is 5.10. The highest BCUT2D eigenvalue weighted by Gasteiger charge is 2.25. The summed E-state index contributed by atoms with van der Waals surface area (Å²) in [5, 5.41) is 9.05. The van der Waals surface area contributed by atoms with Gasteiger partial charge < -0.3 is 13.3 Å². The number of para-hydroxylation sites is 3. The van der Waals surface area contributed by atoms with Crippen LogP contribution >= 0.6 is 34.0 Å². The fourth-order valence-corrected chi connectivity index (χ4v) is 21.2. The normalized spacial score (nSPS) is 11.5. The van der Waals surface area contributed by atoms with Crippen LogP contribution in [-0.4, -0.2) is 44.9 Å². The minimum Gasteiger partial charge on any atom is -0.456 e. The van der Waals surface area contributed by atoms with E-state index in [0.29, 0.717) is 17.5 Å². The molecular weight excluding hydrogens is 1750 g/mol. The van der Waals surface area contributed by atoms with Crippen molar-refractivity contribution in [2.75, 3.05) is 0 Å². The fourth-order valence-electron chi connectivity index (χ4n) is 18.3. The zero-order valence-corrected chi connectivity index (χ0v) is 76.2. The maximum atomic E-state index is 6.44. The van der Waals surface area contributed by atoms with E-state index in [-0.39, 0.29) is 0 Å². The van der Waals surface area contributed by atoms with Gasteiger partial charge >= 0.3 is 0 Å². The summed E-state index contributed by atoms with van der Waals surface area (Å²) < 4.78 is 22.7. The van der Waals surface area contributed by atoms with E-state index >= 15 is 0 Å². The van der Waals surface area contributed by atoms with E-state index in [9.17, 15) is 0 Å². The number of hydrogen-bond donors (Lipinski definition) is 0. The number of hydrogen-bond acceptors (Lipinski definition) is 15. The van der Waals surface area contributed by atoms with Gasteiger partial charge in [-0.05, 0) is 173 Å². The lowest BCUT2D eigenvalue weighted by molar-refractivity contribution is 0.668. The van der Waals surface area contributed by atoms with Crippen LogP contribution in [0.4, 0.5) is 0 Å². The van der Waals surface area contributed by atoms with Crippen LogP contribution in [0.3, 0.4) is 0 Å². The Bertz CT molecular complexity index is 9130. The number of thiazole rings is 3. The van der Waals surface area contributed by atoms with Gasteiger partial charge in [-0.1, -0.05) is 315 Å². The monoisotopic (exact) mass is 1820 g/mol. The van der Waals surface area contributed by atoms with Gasteiger partial charge in [0.2, 0.25) is 0 Å². The van der Waals surface area contributed by atoms with E-state index in [4.69, 9.17) is 58.1 Å². The third-order valence-corrected chi connectivity index (χ3v) is 28.3. The van der Waals surface area contributed by atoms with Gasteiger partial charge in [-0.2, -0.15) is 0 Å². The standard InChI is InChI=1S/C47H29N3OS.C41H25N3OS.C35H21N3OS/c1-3-11-30(12-4-1)32-21-23-33(24-22-32)40-29-41(35-16-9-15-34(27-35)31-13-5-2-6-14-31)49-46(48-40)37-17-10-19-43-45(37)38-28-36(25-26-42(38)51-43)47-50-39-18-7-8-20-44(39)52-47;1-3-11-26(12-4-1)28-15-9-16-29(23-28)35-25-34(27-13-5-2-6-14-27)42-40(43-35)31-17-10-19-37-39(31)32-24-30(21-22-36(32)45-37)41-44-33-18-7-8-20-38(33)46-41;1-3-10-22(11-4-1)28-21-29(37-34(36-28)23-12-5-2-6-13-23)25-14-9-16-31-33(25)26-20-24(18-19-30(26)39-31)35-38-27-15-7-8-17-32(27)40-35/h1-29H;1-25H;1-21H. The number of nitrogens with zero attached hydrogens (tertiary/aromatic N) is 9. The van der Waals surface area contributed by atoms with Crippen LogP contribution in [0.2, 0.25) is 0 Å². The van der Waals surface area contributed by atoms with Gasteiger partial charge in [-0.25, -0.2) is 44.9 Å². The van der Waals surface area contributed by atoms with E-state index in [0.717, 1.165) is 221 Å². The Labute approximate surface area is 804 Å². The number of fused-ring (bicyclic) bond motifs is 12. The zero-order valence-electron chi connectivity index (χ0n) is 73.8. The molecule has 138 heavy (non-hydrogen) atoms. The molecule has 0 atom stereocenters. The first kappa shape index (κ1) is 82.2. The van der Waals surface area contributed by atoms with Crippen molar-refractivity contribution in [3.8, 4) is 167 Å². The van der Waals surface area contributed by atoms with Crippen LogP contribution in [-0.2, 0) is 0 Å². The van der Waals surface area contributed by atoms with Crippen molar-refractivity contribution in [3.63, 3.8) is 0 Å². The lowest BCUT2D eigenvalue weighted by Crippen LogP contribution is -1.96. The molecule has 9 aromatic heterocycles. The summed E-state index contributed by atoms with van der Waals surface area (Å²) in [7, 11) is 0. The summed E-state index contributed by atoms with van der Waals surface area (Å²) in [6.07, 6.45) is 0. The van der Waals surface area contributed by atoms with Crippen LogP contribution in [0.5, 0.6) is 0 Å². The molecule has 27 aromatic rings. The lowest BCUT2D eigenvalue weighted by atomic mass is 9.99. The molecule has 18 aromatic carbocycles. The summed E-state index contributed by atoms with van der Waals surface area (Å²) in [5.74, 6) is 1.99. The van der Waals surface area contributed by atoms with Gasteiger partial charge in [-0.3, -0.25) is 0 Å². The van der Waals surface area contributed by atoms with E-state index < -0.39 is 0 Å². The molecule has 0 unspecified atom stereocenters. The van der Waals surface area contributed by atoms with Gasteiger partial charge in [0, 0.05) is 99.1 Å². The second-order valence-electron chi connectivity index (χ2n) is 33.8. The molecule has 0 bridgehead atoms. The maximum absolute atomic E-state index is 6.44. The van der Waals surface area contributed by atoms with Crippen molar-refractivity contribution in [1.29, 1.82) is 0 Å². The highest BCUT2D eigenvalue weighted by Crippen LogP contribution is 2.47. The van der Waals surface area contributed by atoms with Crippen LogP contribution in [0, 0.1) is 0 Å². The smallest absolute Gasteiger partial charge is 0.161 e. The quantitative estimate of drug-likeness (QED) is 0.0959. The maximum Gasteiger partial charge on any atom is 0.161 e. The zero-order chi connectivity index (χ0) is 91.4. The molecule has 0 fully saturated rings. The average Bonchev–Trinajstić information content (AvgIpc) is 1.56. The van der Waals surface area contributed by atoms with Gasteiger partial charge in [-0.15, -0.1) is 34.0 Å². The van der Waals surface area contributed by atoms with E-state index in [1.165, 1.54) is 25.2 Å². The predicted molar refractivity (Wildman–Crippen MR) is 569 cm³/mol. The topological polar surface area (TPSA) is 155 Å². The molecule has 15 heteroatoms. The third kappa shape index (κ3) is 16.1. The van der Waals surface area contributed by atoms with E-state index in [1.54, 1.807) is 34.0 Å². The van der Waals surface area contributed by atoms with Crippen LogP contribution in [0.1, 0.15) is 0 Å². The highest BCUT2D eigenvalue weighted by molar-refractivity contribution is 7.22. The number of furan rings is 3. The van der Waals surface area contributed by atoms with Gasteiger partial charge in [0.1, 0.15) is 48.5 Å². The van der Waals surface area contributed by atoms with Crippen LogP contribution in [0.25, 0.3) is 263 Å². The lowest BCUT2D eigenvalue weighted by Gasteiger charge is -2.12. The second kappa shape index (κ2) is 35.7. The minimum absolute atomic E-state index is 0.642. The Morgan fingerprint density at radius 2 is 0.413 bits per heavy atom. The molecule has 0 aliphatic rings. The van der Waals surface area contributed by atoms with Crippen molar-refractivity contribution in [2.24, 2.45) is 0 Å². The fraction of sp³-hybridized carbons (Fsp3) is 0. The van der Waals surface area contributed by atoms with E-state index in [2.05, 4.69) is 297 Å². The van der Waals surface area contributed by atoms with Gasteiger partial charge in [0.05, 0.1) is 64.8 Å². The largest absolute Gasteiger partial charge is 0.456 e. The number of benzene rings is 18. The molecule has 0 N–H and O–H groups in total. The van der Waals surface area contributed by atoms with Crippen molar-refractivity contribution in [3.05, 3.63) is 455 Å². The molecule has 0 aliphatic carbocycles. The Kier molecular flexibility index (Phi) is 21.2. The Hall–Kier alpha value is -17.7. The predicted octanol–water partition coefficient (Wildman–Crippen LogP) is 34.0. The Morgan fingerprint density at radius 3 is 0.797 bits per heavy atom. The SMILES string of the molecule is c1ccc(-c2cc(-c3cccc4oc5ccc(-c6nc7ccccc7s6)cc5c34)nc(-c3ccccc3)n2)cc1.c1ccc(-c2ccc(-c3cc(-c4cccc(-c5ccccc5)c4)nc(-c4cccc5oc6ccc(-c7nc8ccccc8s7)cc6c45)n3)cc2)cc1.c1ccc(-c2cccc(-c3cc(-c4ccccc4)nc(-c4cccc5oc6ccc(-c7nc8ccccc8s7)cc6c45)n3)c2)cc1. The van der Waals surface area contributed by atoms with Gasteiger partial charge in [0.15, 0.2) is 17.5 Å². The molecule has 9 heterocycles. The molecule has 12 nitrogen and oxygen atoms in total. The first-order valence-electron chi connectivity index (χ1n) is 45.6. The molecule has 0 saturated heterocycles. The van der Waals surface area contributed by atoms with Crippen LogP contribution in [0.15, 0.2) is 468 Å². The van der Waals surface area contributed by atoms with E-state index in [1.807, 2.05) is 158 Å². The molecule has 0 aliphatic heterocycles. The van der Waals surface area contributed by atoms with Gasteiger partial charge in [0.25, 0.3) is 0 Å². The highest BCUT2D eigenvalue weighted by atomic mass is 32.1. The molecule has 0 amide bonds. The summed E-state index contributed by atoms with van der Waals surface area (Å²) in [5.41, 5.74) is 32.2. The summed E-state index contributed by atoms with van der Waals surface area (Å²) in [6, 6.07) is 156. The van der Waals surface area contributed by atoms with Crippen molar-refractivity contribution < 1.29 is 13.3 Å². The first-order chi connectivity index (χ1) is 68.3. The van der Waals surface area contributed by atoms with Crippen molar-refractivity contribution >= 4 is 130 Å². The molecule has 0 spiro atoms. The van der Waals surface area contributed by atoms with Crippen LogP contribution < -0.4 is 0 Å². The molecule has 27 rings (SSSR count). The number of rotatable bonds is 15. The first-order valence-corrected chi connectivity index (χ1v) is 48.0. The summed E-state index contributed by atoms with van der Waals surface area (Å²) in [6.45, 7) is 0.